The molecule has 0 radical (unpaired) electrons. The lowest BCUT2D eigenvalue weighted by Crippen LogP contribution is -2.20. The number of benzene rings is 1. The van der Waals surface area contributed by atoms with Gasteiger partial charge in [0.2, 0.25) is 0 Å². The second-order valence-electron chi connectivity index (χ2n) is 3.93. The second-order valence-corrected chi connectivity index (χ2v) is 3.93. The molecule has 0 spiro atoms. The highest BCUT2D eigenvalue weighted by Crippen LogP contribution is 2.44. The summed E-state index contributed by atoms with van der Waals surface area (Å²) in [5, 5.41) is 12.0. The van der Waals surface area contributed by atoms with E-state index in [2.05, 4.69) is 0 Å². The monoisotopic (exact) mass is 246 g/mol. The van der Waals surface area contributed by atoms with Crippen LogP contribution in [0.5, 0.6) is 0 Å². The molecule has 4 nitrogen and oxygen atoms in total. The van der Waals surface area contributed by atoms with Crippen LogP contribution in [0.25, 0.3) is 0 Å². The van der Waals surface area contributed by atoms with Gasteiger partial charge in [0.15, 0.2) is 0 Å². The summed E-state index contributed by atoms with van der Waals surface area (Å²) in [6.07, 6.45) is -2.88. The van der Waals surface area contributed by atoms with Crippen molar-refractivity contribution in [3.8, 4) is 0 Å². The first kappa shape index (κ1) is 11.7. The van der Waals surface area contributed by atoms with Crippen LogP contribution in [0.1, 0.15) is 24.3 Å². The van der Waals surface area contributed by atoms with Crippen molar-refractivity contribution in [1.29, 1.82) is 0 Å². The summed E-state index contributed by atoms with van der Waals surface area (Å²) in [5.74, 6) is 0.121. The van der Waals surface area contributed by atoms with E-state index < -0.39 is 11.2 Å². The number of nitrogens with one attached hydrogen (secondary N) is 1. The maximum atomic E-state index is 12.1. The molecule has 17 heavy (non-hydrogen) atoms. The Morgan fingerprint density at radius 3 is 2.47 bits per heavy atom. The van der Waals surface area contributed by atoms with Crippen LogP contribution >= 0.6 is 0 Å². The summed E-state index contributed by atoms with van der Waals surface area (Å²) in [4.78, 5) is 10.1. The van der Waals surface area contributed by atoms with Gasteiger partial charge in [0.05, 0.1) is 4.92 Å². The number of hydrogen-bond donors (Lipinski definition) is 1. The summed E-state index contributed by atoms with van der Waals surface area (Å²) in [5.41, 5.74) is -0.0434. The number of anilines is 1. The van der Waals surface area contributed by atoms with Crippen LogP contribution < -0.4 is 5.32 Å². The molecule has 1 aromatic rings. The summed E-state index contributed by atoms with van der Waals surface area (Å²) in [6.45, 7) is 0. The predicted molar refractivity (Wildman–Crippen MR) is 54.7 cm³/mol. The molecule has 0 saturated heterocycles. The summed E-state index contributed by atoms with van der Waals surface area (Å²) < 4.78 is 36.2. The quantitative estimate of drug-likeness (QED) is 0.505. The maximum absolute atomic E-state index is 12.1. The lowest BCUT2D eigenvalue weighted by molar-refractivity contribution is -0.385. The van der Waals surface area contributed by atoms with Gasteiger partial charge < -0.3 is 0 Å². The van der Waals surface area contributed by atoms with Crippen molar-refractivity contribution in [2.75, 3.05) is 5.32 Å². The Morgan fingerprint density at radius 2 is 2.00 bits per heavy atom. The third kappa shape index (κ3) is 2.86. The van der Waals surface area contributed by atoms with Crippen molar-refractivity contribution in [3.63, 3.8) is 0 Å². The molecular weight excluding hydrogens is 237 g/mol. The molecule has 1 aliphatic rings. The molecule has 1 aromatic carbocycles. The molecule has 0 bridgehead atoms. The third-order valence-electron chi connectivity index (χ3n) is 2.53. The summed E-state index contributed by atoms with van der Waals surface area (Å²) >= 11 is 0. The molecule has 1 aliphatic carbocycles. The van der Waals surface area contributed by atoms with E-state index in [1.807, 2.05) is 0 Å². The van der Waals surface area contributed by atoms with Gasteiger partial charge in [-0.2, -0.15) is 13.2 Å². The highest BCUT2D eigenvalue weighted by molar-refractivity contribution is 5.57. The van der Waals surface area contributed by atoms with Gasteiger partial charge in [0.1, 0.15) is 0 Å². The van der Waals surface area contributed by atoms with Crippen LogP contribution in [0.15, 0.2) is 18.2 Å². The van der Waals surface area contributed by atoms with E-state index in [-0.39, 0.29) is 17.3 Å². The maximum Gasteiger partial charge on any atom is 0.482 e. The minimum absolute atomic E-state index is 0.121. The molecule has 0 unspecified atom stereocenters. The van der Waals surface area contributed by atoms with Crippen LogP contribution in [-0.2, 0) is 0 Å². The van der Waals surface area contributed by atoms with Crippen LogP contribution in [0.3, 0.4) is 0 Å². The van der Waals surface area contributed by atoms with Gasteiger partial charge in [-0.05, 0) is 30.9 Å². The lowest BCUT2D eigenvalue weighted by atomic mass is 10.1. The summed E-state index contributed by atoms with van der Waals surface area (Å²) in [6, 6.07) is 3.54. The number of rotatable bonds is 3. The number of nitro groups is 1. The number of hydrogen-bond acceptors (Lipinski definition) is 3. The van der Waals surface area contributed by atoms with Crippen molar-refractivity contribution < 1.29 is 18.1 Å². The van der Waals surface area contributed by atoms with Gasteiger partial charge in [0, 0.05) is 17.3 Å². The van der Waals surface area contributed by atoms with Crippen molar-refractivity contribution in [2.45, 2.75) is 25.1 Å². The van der Waals surface area contributed by atoms with E-state index in [1.54, 1.807) is 0 Å². The Morgan fingerprint density at radius 1 is 1.35 bits per heavy atom. The van der Waals surface area contributed by atoms with Crippen LogP contribution in [0.2, 0.25) is 0 Å². The fraction of sp³-hybridized carbons (Fsp3) is 0.400. The highest BCUT2D eigenvalue weighted by Gasteiger charge is 2.32. The zero-order chi connectivity index (χ0) is 12.6. The fourth-order valence-corrected chi connectivity index (χ4v) is 1.68. The first-order valence-electron chi connectivity index (χ1n) is 5.00. The zero-order valence-corrected chi connectivity index (χ0v) is 8.62. The molecular formula is C10H9F3N2O2. The first-order chi connectivity index (χ1) is 7.87. The average molecular weight is 246 g/mol. The van der Waals surface area contributed by atoms with Crippen molar-refractivity contribution in [2.24, 2.45) is 0 Å². The smallest absolute Gasteiger partial charge is 0.297 e. The van der Waals surface area contributed by atoms with Gasteiger partial charge in [-0.1, -0.05) is 0 Å². The Kier molecular flexibility index (Phi) is 2.68. The van der Waals surface area contributed by atoms with Crippen LogP contribution in [-0.4, -0.2) is 11.2 Å². The Hall–Kier alpha value is -1.79. The topological polar surface area (TPSA) is 55.2 Å². The van der Waals surface area contributed by atoms with E-state index in [1.165, 1.54) is 17.4 Å². The number of halogens is 3. The molecule has 2 rings (SSSR count). The predicted octanol–water partition coefficient (Wildman–Crippen LogP) is 3.40. The largest absolute Gasteiger partial charge is 0.482 e. The van der Waals surface area contributed by atoms with Gasteiger partial charge in [-0.25, -0.2) is 0 Å². The van der Waals surface area contributed by atoms with Crippen LogP contribution in [0, 0.1) is 10.1 Å². The molecule has 0 amide bonds. The molecule has 0 aromatic heterocycles. The van der Waals surface area contributed by atoms with Crippen molar-refractivity contribution >= 4 is 11.4 Å². The Balaban J connectivity index is 2.32. The molecule has 1 N–H and O–H groups in total. The minimum Gasteiger partial charge on any atom is -0.297 e. The third-order valence-corrected chi connectivity index (χ3v) is 2.53. The zero-order valence-electron chi connectivity index (χ0n) is 8.62. The van der Waals surface area contributed by atoms with Gasteiger partial charge in [-0.15, -0.1) is 0 Å². The van der Waals surface area contributed by atoms with Crippen LogP contribution in [0.4, 0.5) is 24.5 Å². The average Bonchev–Trinajstić information content (AvgIpc) is 2.98. The van der Waals surface area contributed by atoms with Gasteiger partial charge >= 0.3 is 6.30 Å². The molecule has 1 saturated carbocycles. The Bertz CT molecular complexity index is 455. The molecule has 0 aliphatic heterocycles. The second kappa shape index (κ2) is 3.90. The SMILES string of the molecule is O=[N+]([O-])c1cc(NC(F)(F)F)ccc1C1CC1. The van der Waals surface area contributed by atoms with E-state index in [4.69, 9.17) is 0 Å². The van der Waals surface area contributed by atoms with E-state index in [0.29, 0.717) is 5.56 Å². The van der Waals surface area contributed by atoms with Crippen molar-refractivity contribution in [1.82, 2.24) is 0 Å². The standard InChI is InChI=1S/C10H9F3N2O2/c11-10(12,13)14-7-3-4-8(6-1-2-6)9(5-7)15(16)17/h3-6,14H,1-2H2. The molecule has 1 fully saturated rings. The van der Waals surface area contributed by atoms with Crippen molar-refractivity contribution in [3.05, 3.63) is 33.9 Å². The number of nitro benzene ring substituents is 1. The minimum atomic E-state index is -4.59. The highest BCUT2D eigenvalue weighted by atomic mass is 19.4. The molecule has 92 valence electrons. The molecule has 0 atom stereocenters. The number of nitrogens with zero attached hydrogens (tertiary/aromatic N) is 1. The van der Waals surface area contributed by atoms with E-state index in [9.17, 15) is 23.3 Å². The van der Waals surface area contributed by atoms with Gasteiger partial charge in [-0.3, -0.25) is 15.4 Å². The van der Waals surface area contributed by atoms with E-state index in [0.717, 1.165) is 18.9 Å². The normalized spacial score (nSPS) is 15.7. The van der Waals surface area contributed by atoms with E-state index >= 15 is 0 Å². The molecule has 7 heteroatoms. The summed E-state index contributed by atoms with van der Waals surface area (Å²) in [7, 11) is 0. The number of alkyl halides is 3. The molecule has 0 heterocycles. The Labute approximate surface area is 94.6 Å². The lowest BCUT2D eigenvalue weighted by Gasteiger charge is -2.10. The fourth-order valence-electron chi connectivity index (χ4n) is 1.68. The van der Waals surface area contributed by atoms with Gasteiger partial charge in [0.25, 0.3) is 5.69 Å². The first-order valence-corrected chi connectivity index (χ1v) is 5.00.